The van der Waals surface area contributed by atoms with Crippen LogP contribution in [0.3, 0.4) is 0 Å². The fourth-order valence-electron chi connectivity index (χ4n) is 5.66. The largest absolute Gasteiger partial charge is 0.391 e. The van der Waals surface area contributed by atoms with Crippen molar-refractivity contribution >= 4 is 31.9 Å². The lowest BCUT2D eigenvalue weighted by Crippen LogP contribution is -2.93. The average Bonchev–Trinajstić information content (AvgIpc) is 2.21. The van der Waals surface area contributed by atoms with Crippen LogP contribution in [0, 0.1) is 35.5 Å². The van der Waals surface area contributed by atoms with Crippen LogP contribution in [0.25, 0.3) is 0 Å². The Hall–Kier alpha value is 0.920. The molecule has 0 aromatic carbocycles. The van der Waals surface area contributed by atoms with Crippen LogP contribution < -0.4 is 0 Å². The third kappa shape index (κ3) is 0.255. The van der Waals surface area contributed by atoms with E-state index in [1.807, 2.05) is 0 Å². The van der Waals surface area contributed by atoms with Crippen LogP contribution in [0.1, 0.15) is 0 Å². The molecule has 0 radical (unpaired) electrons. The van der Waals surface area contributed by atoms with Gasteiger partial charge in [0.2, 0.25) is 0 Å². The number of alkyl halides is 2. The molecule has 6 aliphatic rings. The Morgan fingerprint density at radius 3 is 1.75 bits per heavy atom. The van der Waals surface area contributed by atoms with E-state index in [1.54, 1.807) is 0 Å². The molecule has 0 unspecified atom stereocenters. The summed E-state index contributed by atoms with van der Waals surface area (Å²) in [5, 5.41) is 10.0. The Morgan fingerprint density at radius 1 is 0.833 bits per heavy atom. The van der Waals surface area contributed by atoms with E-state index in [0.29, 0.717) is 10.2 Å². The fourth-order valence-corrected chi connectivity index (χ4v) is 8.85. The lowest BCUT2D eigenvalue weighted by molar-refractivity contribution is -0.337. The molecule has 1 nitrogen and oxygen atoms in total. The van der Waals surface area contributed by atoms with Crippen molar-refractivity contribution in [2.24, 2.45) is 35.5 Å². The Bertz CT molecular complexity index is 315. The molecule has 64 valence electrons. The van der Waals surface area contributed by atoms with Crippen LogP contribution in [0.4, 0.5) is 0 Å². The lowest BCUT2D eigenvalue weighted by atomic mass is 9.20. The second kappa shape index (κ2) is 1.24. The molecule has 6 fully saturated rings. The van der Waals surface area contributed by atoms with Gasteiger partial charge >= 0.3 is 0 Å². The number of hydrogen-bond acceptors (Lipinski definition) is 1. The molecule has 0 amide bonds. The molecule has 2 bridgehead atoms. The highest BCUT2D eigenvalue weighted by Crippen LogP contribution is 3.00. The molecule has 5 atom stereocenters. The van der Waals surface area contributed by atoms with Gasteiger partial charge in [0.25, 0.3) is 0 Å². The molecule has 3 heteroatoms. The molecule has 0 aromatic heterocycles. The molecule has 12 heavy (non-hydrogen) atoms. The van der Waals surface area contributed by atoms with Gasteiger partial charge in [0, 0.05) is 4.32 Å². The number of hydrogen-bond donors (Lipinski definition) is 1. The summed E-state index contributed by atoms with van der Waals surface area (Å²) in [4.78, 5) is 0. The zero-order chi connectivity index (χ0) is 8.04. The third-order valence-corrected chi connectivity index (χ3v) is 8.86. The maximum atomic E-state index is 10.0. The number of aliphatic hydroxyl groups is 1. The van der Waals surface area contributed by atoms with E-state index in [0.717, 1.165) is 29.6 Å². The molecule has 6 saturated carbocycles. The first-order chi connectivity index (χ1) is 5.64. The van der Waals surface area contributed by atoms with Gasteiger partial charge in [0.15, 0.2) is 0 Å². The Morgan fingerprint density at radius 2 is 1.33 bits per heavy atom. The standard InChI is InChI=1S/C9H8Br2O/c10-8-2-1-3(8)5-6(8)4(2)9(5,11)7(1)12/h1-7,12H/t1?,2-,3-,4-,5-,6?,7-,8?,9?/m1/s1. The number of rotatable bonds is 0. The van der Waals surface area contributed by atoms with Crippen LogP contribution in [-0.2, 0) is 0 Å². The number of aliphatic hydroxyl groups excluding tert-OH is 1. The predicted octanol–water partition coefficient (Wildman–Crippen LogP) is 1.38. The summed E-state index contributed by atoms with van der Waals surface area (Å²) in [6, 6.07) is 0. The zero-order valence-electron chi connectivity index (χ0n) is 6.24. The maximum absolute atomic E-state index is 10.0. The van der Waals surface area contributed by atoms with Crippen molar-refractivity contribution in [1.82, 2.24) is 0 Å². The number of halogens is 2. The van der Waals surface area contributed by atoms with E-state index >= 15 is 0 Å². The van der Waals surface area contributed by atoms with Crippen molar-refractivity contribution in [3.05, 3.63) is 0 Å². The average molecular weight is 292 g/mol. The summed E-state index contributed by atoms with van der Waals surface area (Å²) in [5.74, 6) is 4.89. The van der Waals surface area contributed by atoms with Crippen LogP contribution in [0.5, 0.6) is 0 Å². The minimum atomic E-state index is -0.0214. The minimum absolute atomic E-state index is 0.0214. The van der Waals surface area contributed by atoms with Crippen molar-refractivity contribution in [3.8, 4) is 0 Å². The third-order valence-electron chi connectivity index (χ3n) is 5.75. The van der Waals surface area contributed by atoms with Gasteiger partial charge in [-0.15, -0.1) is 0 Å². The summed E-state index contributed by atoms with van der Waals surface area (Å²) >= 11 is 7.70. The predicted molar refractivity (Wildman–Crippen MR) is 50.3 cm³/mol. The Labute approximate surface area is 87.2 Å². The first kappa shape index (κ1) is 6.41. The Kier molecular flexibility index (Phi) is 0.660. The van der Waals surface area contributed by atoms with E-state index < -0.39 is 0 Å². The van der Waals surface area contributed by atoms with Crippen LogP contribution in [0.15, 0.2) is 0 Å². The highest BCUT2D eigenvalue weighted by atomic mass is 79.9. The van der Waals surface area contributed by atoms with E-state index in [4.69, 9.17) is 0 Å². The molecule has 6 aliphatic carbocycles. The normalized spacial score (nSPS) is 95.8. The van der Waals surface area contributed by atoms with Gasteiger partial charge in [-0.3, -0.25) is 0 Å². The smallest absolute Gasteiger partial charge is 0.0733 e. The van der Waals surface area contributed by atoms with Gasteiger partial charge in [-0.2, -0.15) is 0 Å². The van der Waals surface area contributed by atoms with Crippen LogP contribution in [0.2, 0.25) is 0 Å². The van der Waals surface area contributed by atoms with Gasteiger partial charge in [-0.05, 0) is 35.5 Å². The van der Waals surface area contributed by atoms with Crippen molar-refractivity contribution in [2.75, 3.05) is 0 Å². The molecule has 0 saturated heterocycles. The molecule has 0 aromatic rings. The molecular weight excluding hydrogens is 284 g/mol. The topological polar surface area (TPSA) is 20.2 Å². The first-order valence-corrected chi connectivity index (χ1v) is 6.29. The molecule has 0 heterocycles. The highest BCUT2D eigenvalue weighted by Gasteiger charge is 3.04. The van der Waals surface area contributed by atoms with Gasteiger partial charge in [0.1, 0.15) is 0 Å². The molecule has 0 aliphatic heterocycles. The first-order valence-electron chi connectivity index (χ1n) is 4.70. The fraction of sp³-hybridized carbons (Fsp3) is 1.00. The summed E-state index contributed by atoms with van der Waals surface area (Å²) in [7, 11) is 0. The van der Waals surface area contributed by atoms with Crippen LogP contribution >= 0.6 is 31.9 Å². The zero-order valence-corrected chi connectivity index (χ0v) is 9.42. The van der Waals surface area contributed by atoms with Crippen molar-refractivity contribution in [1.29, 1.82) is 0 Å². The van der Waals surface area contributed by atoms with Crippen molar-refractivity contribution < 1.29 is 5.11 Å². The summed E-state index contributed by atoms with van der Waals surface area (Å²) < 4.78 is 0.717. The summed E-state index contributed by atoms with van der Waals surface area (Å²) in [5.41, 5.74) is 0. The lowest BCUT2D eigenvalue weighted by Gasteiger charge is -2.90. The van der Waals surface area contributed by atoms with E-state index in [2.05, 4.69) is 31.9 Å². The SMILES string of the molecule is O[C@@H]1C2[C@@H]3[C@@H]4C5[C@@H]([C@@H]2C53Br)C14Br. The second-order valence-corrected chi connectivity index (χ2v) is 8.05. The molecular formula is C9H8Br2O. The van der Waals surface area contributed by atoms with Crippen molar-refractivity contribution in [3.63, 3.8) is 0 Å². The van der Waals surface area contributed by atoms with E-state index in [-0.39, 0.29) is 10.4 Å². The van der Waals surface area contributed by atoms with E-state index in [1.165, 1.54) is 0 Å². The van der Waals surface area contributed by atoms with Gasteiger partial charge in [-0.25, -0.2) is 0 Å². The van der Waals surface area contributed by atoms with Gasteiger partial charge < -0.3 is 5.11 Å². The van der Waals surface area contributed by atoms with Gasteiger partial charge in [0.05, 0.1) is 10.4 Å². The molecule has 1 N–H and O–H groups in total. The summed E-state index contributed by atoms with van der Waals surface area (Å²) in [6.07, 6.45) is -0.0214. The van der Waals surface area contributed by atoms with E-state index in [9.17, 15) is 5.11 Å². The maximum Gasteiger partial charge on any atom is 0.0733 e. The quantitative estimate of drug-likeness (QED) is 0.669. The molecule has 6 rings (SSSR count). The van der Waals surface area contributed by atoms with Gasteiger partial charge in [-0.1, -0.05) is 31.9 Å². The van der Waals surface area contributed by atoms with Crippen molar-refractivity contribution in [2.45, 2.75) is 14.8 Å². The summed E-state index contributed by atoms with van der Waals surface area (Å²) in [6.45, 7) is 0. The monoisotopic (exact) mass is 290 g/mol. The minimum Gasteiger partial charge on any atom is -0.391 e. The van der Waals surface area contributed by atoms with Crippen LogP contribution in [-0.4, -0.2) is 19.9 Å². The molecule has 0 spiro atoms. The highest BCUT2D eigenvalue weighted by molar-refractivity contribution is 9.10. The Balaban J connectivity index is 1.84. The second-order valence-electron chi connectivity index (χ2n) is 5.31.